The average Bonchev–Trinajstić information content (AvgIpc) is 3.09. The minimum absolute atomic E-state index is 0.00954. The van der Waals surface area contributed by atoms with Crippen LogP contribution in [0.4, 0.5) is 0 Å². The highest BCUT2D eigenvalue weighted by Gasteiger charge is 2.16. The molecule has 28 heavy (non-hydrogen) atoms. The van der Waals surface area contributed by atoms with E-state index in [1.807, 2.05) is 31.2 Å². The van der Waals surface area contributed by atoms with E-state index >= 15 is 0 Å². The van der Waals surface area contributed by atoms with E-state index in [1.54, 1.807) is 0 Å². The van der Waals surface area contributed by atoms with Crippen molar-refractivity contribution in [2.45, 2.75) is 57.7 Å². The zero-order valence-corrected chi connectivity index (χ0v) is 17.3. The second-order valence-electron chi connectivity index (χ2n) is 7.47. The van der Waals surface area contributed by atoms with Gasteiger partial charge >= 0.3 is 0 Å². The van der Waals surface area contributed by atoms with Crippen LogP contribution in [0.5, 0.6) is 0 Å². The molecule has 0 bridgehead atoms. The number of nitrogens with zero attached hydrogens (tertiary/aromatic N) is 4. The van der Waals surface area contributed by atoms with Crippen molar-refractivity contribution in [3.05, 3.63) is 52.3 Å². The maximum atomic E-state index is 12.5. The van der Waals surface area contributed by atoms with Crippen molar-refractivity contribution in [3.63, 3.8) is 0 Å². The lowest BCUT2D eigenvalue weighted by molar-refractivity contribution is -0.119. The van der Waals surface area contributed by atoms with E-state index in [1.165, 1.54) is 47.7 Å². The summed E-state index contributed by atoms with van der Waals surface area (Å²) in [7, 11) is 0. The zero-order valence-electron chi connectivity index (χ0n) is 16.5. The fourth-order valence-corrected chi connectivity index (χ4v) is 4.61. The summed E-state index contributed by atoms with van der Waals surface area (Å²) >= 11 is 1.38. The second kappa shape index (κ2) is 7.91. The quantitative estimate of drug-likeness (QED) is 0.669. The molecule has 1 N–H and O–H groups in total. The van der Waals surface area contributed by atoms with Gasteiger partial charge < -0.3 is 5.32 Å². The lowest BCUT2D eigenvalue weighted by Gasteiger charge is -2.20. The van der Waals surface area contributed by atoms with Crippen molar-refractivity contribution in [2.24, 2.45) is 0 Å². The summed E-state index contributed by atoms with van der Waals surface area (Å²) in [5, 5.41) is 12.1. The van der Waals surface area contributed by atoms with Crippen LogP contribution < -0.4 is 5.32 Å². The van der Waals surface area contributed by atoms with Crippen LogP contribution in [-0.4, -0.2) is 31.2 Å². The van der Waals surface area contributed by atoms with Crippen LogP contribution in [0.3, 0.4) is 0 Å². The van der Waals surface area contributed by atoms with Gasteiger partial charge in [-0.1, -0.05) is 30.0 Å². The third-order valence-electron chi connectivity index (χ3n) is 5.25. The van der Waals surface area contributed by atoms with E-state index in [-0.39, 0.29) is 11.9 Å². The Bertz CT molecular complexity index is 1030. The van der Waals surface area contributed by atoms with Crippen molar-refractivity contribution in [3.8, 4) is 0 Å². The van der Waals surface area contributed by atoms with Crippen LogP contribution in [0.25, 0.3) is 5.78 Å². The van der Waals surface area contributed by atoms with Gasteiger partial charge in [0.15, 0.2) is 5.16 Å². The number of aromatic nitrogens is 4. The molecule has 1 aromatic carbocycles. The van der Waals surface area contributed by atoms with Gasteiger partial charge in [0.25, 0.3) is 5.78 Å². The first-order valence-electron chi connectivity index (χ1n) is 9.74. The van der Waals surface area contributed by atoms with Crippen LogP contribution in [0.2, 0.25) is 0 Å². The molecule has 0 radical (unpaired) electrons. The molecule has 3 aromatic rings. The van der Waals surface area contributed by atoms with Gasteiger partial charge in [-0.25, -0.2) is 4.98 Å². The van der Waals surface area contributed by atoms with E-state index in [2.05, 4.69) is 38.7 Å². The molecule has 7 heteroatoms. The second-order valence-corrected chi connectivity index (χ2v) is 8.41. The fraction of sp³-hybridized carbons (Fsp3) is 0.429. The van der Waals surface area contributed by atoms with E-state index in [0.29, 0.717) is 16.7 Å². The summed E-state index contributed by atoms with van der Waals surface area (Å²) < 4.78 is 1.89. The maximum Gasteiger partial charge on any atom is 0.256 e. The van der Waals surface area contributed by atoms with Gasteiger partial charge in [0.2, 0.25) is 5.91 Å². The van der Waals surface area contributed by atoms with Crippen molar-refractivity contribution < 1.29 is 4.79 Å². The predicted molar refractivity (Wildman–Crippen MR) is 111 cm³/mol. The Morgan fingerprint density at radius 3 is 2.79 bits per heavy atom. The predicted octanol–water partition coefficient (Wildman–Crippen LogP) is 3.59. The van der Waals surface area contributed by atoms with Gasteiger partial charge in [-0.2, -0.15) is 0 Å². The topological polar surface area (TPSA) is 72.2 Å². The van der Waals surface area contributed by atoms with Crippen molar-refractivity contribution in [1.29, 1.82) is 0 Å². The van der Waals surface area contributed by atoms with Crippen molar-refractivity contribution in [1.82, 2.24) is 24.9 Å². The number of carbonyl (C=O) groups is 1. The molecule has 0 aliphatic heterocycles. The van der Waals surface area contributed by atoms with Gasteiger partial charge in [0.05, 0.1) is 11.8 Å². The van der Waals surface area contributed by atoms with Crippen LogP contribution in [0.1, 0.15) is 53.9 Å². The molecule has 1 atom stereocenters. The summed E-state index contributed by atoms with van der Waals surface area (Å²) in [6, 6.07) is 8.60. The van der Waals surface area contributed by atoms with Gasteiger partial charge in [0.1, 0.15) is 0 Å². The van der Waals surface area contributed by atoms with E-state index < -0.39 is 0 Å². The van der Waals surface area contributed by atoms with E-state index in [4.69, 9.17) is 0 Å². The largest absolute Gasteiger partial charge is 0.349 e. The number of amides is 1. The molecule has 2 aromatic heterocycles. The first kappa shape index (κ1) is 18.9. The third-order valence-corrected chi connectivity index (χ3v) is 6.17. The molecule has 2 heterocycles. The number of nitrogens with one attached hydrogen (secondary N) is 1. The summed E-state index contributed by atoms with van der Waals surface area (Å²) in [5.74, 6) is 0.858. The first-order chi connectivity index (χ1) is 13.5. The van der Waals surface area contributed by atoms with Gasteiger partial charge in [-0.3, -0.25) is 9.20 Å². The molecule has 0 fully saturated rings. The number of hydrogen-bond acceptors (Lipinski definition) is 5. The standard InChI is InChI=1S/C21H25N5OS/c1-13-10-14(2)26-20(22-13)24-25-21(26)28-12-19(27)23-15(3)17-9-8-16-6-4-5-7-18(16)11-17/h8-11,15H,4-7,12H2,1-3H3,(H,23,27)/t15-/m1/s1. The molecule has 0 spiro atoms. The minimum Gasteiger partial charge on any atom is -0.349 e. The molecule has 146 valence electrons. The molecular formula is C21H25N5OS. The Hall–Kier alpha value is -2.41. The highest BCUT2D eigenvalue weighted by atomic mass is 32.2. The van der Waals surface area contributed by atoms with E-state index in [0.717, 1.165) is 17.8 Å². The fourth-order valence-electron chi connectivity index (χ4n) is 3.81. The normalized spacial score (nSPS) is 14.7. The minimum atomic E-state index is -0.0125. The Balaban J connectivity index is 1.39. The highest BCUT2D eigenvalue weighted by molar-refractivity contribution is 7.99. The van der Waals surface area contributed by atoms with Crippen LogP contribution in [0.15, 0.2) is 29.4 Å². The van der Waals surface area contributed by atoms with Crippen LogP contribution in [0, 0.1) is 13.8 Å². The van der Waals surface area contributed by atoms with E-state index in [9.17, 15) is 4.79 Å². The van der Waals surface area contributed by atoms with Gasteiger partial charge in [0, 0.05) is 11.4 Å². The van der Waals surface area contributed by atoms with Crippen LogP contribution in [-0.2, 0) is 17.6 Å². The number of fused-ring (bicyclic) bond motifs is 2. The molecule has 4 rings (SSSR count). The van der Waals surface area contributed by atoms with Gasteiger partial charge in [-0.15, -0.1) is 10.2 Å². The van der Waals surface area contributed by atoms with Crippen molar-refractivity contribution in [2.75, 3.05) is 5.75 Å². The monoisotopic (exact) mass is 395 g/mol. The molecule has 1 aliphatic carbocycles. The Morgan fingerprint density at radius 1 is 1.18 bits per heavy atom. The number of thioether (sulfide) groups is 1. The Labute approximate surface area is 169 Å². The van der Waals surface area contributed by atoms with Crippen molar-refractivity contribution >= 4 is 23.4 Å². The maximum absolute atomic E-state index is 12.5. The SMILES string of the molecule is Cc1cc(C)n2c(SCC(=O)N[C@H](C)c3ccc4c(c3)CCCC4)nnc2n1. The zero-order chi connectivity index (χ0) is 19.7. The summed E-state index contributed by atoms with van der Waals surface area (Å²) in [5.41, 5.74) is 5.99. The average molecular weight is 396 g/mol. The highest BCUT2D eigenvalue weighted by Crippen LogP contribution is 2.25. The Morgan fingerprint density at radius 2 is 1.96 bits per heavy atom. The number of hydrogen-bond donors (Lipinski definition) is 1. The summed E-state index contributed by atoms with van der Waals surface area (Å²) in [4.78, 5) is 16.9. The molecule has 0 unspecified atom stereocenters. The summed E-state index contributed by atoms with van der Waals surface area (Å²) in [6.45, 7) is 5.97. The van der Waals surface area contributed by atoms with Gasteiger partial charge in [-0.05, 0) is 69.2 Å². The smallest absolute Gasteiger partial charge is 0.256 e. The third kappa shape index (κ3) is 3.90. The lowest BCUT2D eigenvalue weighted by Crippen LogP contribution is -2.28. The summed E-state index contributed by atoms with van der Waals surface area (Å²) in [6.07, 6.45) is 4.86. The number of rotatable bonds is 5. The lowest BCUT2D eigenvalue weighted by atomic mass is 9.89. The first-order valence-corrected chi connectivity index (χ1v) is 10.7. The molecule has 0 saturated heterocycles. The number of benzene rings is 1. The number of aryl methyl sites for hydroxylation is 4. The molecule has 0 saturated carbocycles. The molecular weight excluding hydrogens is 370 g/mol. The molecule has 1 aliphatic rings. The Kier molecular flexibility index (Phi) is 5.35. The molecule has 1 amide bonds. The van der Waals surface area contributed by atoms with Crippen LogP contribution >= 0.6 is 11.8 Å². The number of carbonyl (C=O) groups excluding carboxylic acids is 1. The molecule has 6 nitrogen and oxygen atoms in total.